The van der Waals surface area contributed by atoms with E-state index in [0.717, 1.165) is 28.4 Å². The van der Waals surface area contributed by atoms with Crippen molar-refractivity contribution < 1.29 is 14.6 Å². The zero-order valence-corrected chi connectivity index (χ0v) is 16.5. The van der Waals surface area contributed by atoms with Gasteiger partial charge >= 0.3 is 6.09 Å². The molecule has 1 aromatic carbocycles. The number of amides is 1. The summed E-state index contributed by atoms with van der Waals surface area (Å²) in [6.45, 7) is 1.61. The number of nitrogens with zero attached hydrogens (tertiary/aromatic N) is 4. The van der Waals surface area contributed by atoms with Crippen molar-refractivity contribution in [2.45, 2.75) is 12.8 Å². The van der Waals surface area contributed by atoms with Crippen molar-refractivity contribution in [2.24, 2.45) is 5.92 Å². The van der Waals surface area contributed by atoms with Gasteiger partial charge in [-0.25, -0.2) is 19.7 Å². The predicted molar refractivity (Wildman–Crippen MR) is 111 cm³/mol. The molecular weight excluding hydrogens is 390 g/mol. The SMILES string of the molecule is O=C(O)N1CCC(COc2cc(Nc3ncc(-c4ccccc4)s3)ncn2)CC1. The van der Waals surface area contributed by atoms with Crippen molar-refractivity contribution in [3.8, 4) is 16.3 Å². The number of likely N-dealkylation sites (tertiary alicyclic amines) is 1. The maximum atomic E-state index is 11.0. The van der Waals surface area contributed by atoms with E-state index in [2.05, 4.69) is 32.4 Å². The van der Waals surface area contributed by atoms with E-state index in [1.165, 1.54) is 11.2 Å². The van der Waals surface area contributed by atoms with Crippen molar-refractivity contribution in [3.05, 3.63) is 48.9 Å². The third kappa shape index (κ3) is 5.00. The van der Waals surface area contributed by atoms with E-state index in [0.29, 0.717) is 37.3 Å². The number of piperidine rings is 1. The van der Waals surface area contributed by atoms with Crippen LogP contribution in [0.25, 0.3) is 10.4 Å². The fraction of sp³-hybridized carbons (Fsp3) is 0.300. The first-order chi connectivity index (χ1) is 14.2. The molecule has 8 nitrogen and oxygen atoms in total. The number of hydrogen-bond acceptors (Lipinski definition) is 7. The van der Waals surface area contributed by atoms with Crippen molar-refractivity contribution in [1.29, 1.82) is 0 Å². The molecule has 0 saturated carbocycles. The molecule has 0 unspecified atom stereocenters. The van der Waals surface area contributed by atoms with Crippen molar-refractivity contribution in [3.63, 3.8) is 0 Å². The van der Waals surface area contributed by atoms with Gasteiger partial charge in [0.05, 0.1) is 11.5 Å². The molecule has 1 saturated heterocycles. The van der Waals surface area contributed by atoms with E-state index < -0.39 is 6.09 Å². The highest BCUT2D eigenvalue weighted by molar-refractivity contribution is 7.18. The van der Waals surface area contributed by atoms with Crippen LogP contribution in [0, 0.1) is 5.92 Å². The van der Waals surface area contributed by atoms with Crippen molar-refractivity contribution in [2.75, 3.05) is 25.0 Å². The second kappa shape index (κ2) is 8.87. The van der Waals surface area contributed by atoms with Gasteiger partial charge in [-0.05, 0) is 24.3 Å². The number of hydrogen-bond donors (Lipinski definition) is 2. The average molecular weight is 411 g/mol. The van der Waals surface area contributed by atoms with Crippen LogP contribution in [-0.2, 0) is 0 Å². The Hall–Kier alpha value is -3.20. The predicted octanol–water partition coefficient (Wildman–Crippen LogP) is 4.11. The lowest BCUT2D eigenvalue weighted by atomic mass is 9.98. The van der Waals surface area contributed by atoms with Gasteiger partial charge in [-0.15, -0.1) is 0 Å². The Labute approximate surface area is 172 Å². The fourth-order valence-corrected chi connectivity index (χ4v) is 3.99. The summed E-state index contributed by atoms with van der Waals surface area (Å²) in [5.74, 6) is 1.43. The van der Waals surface area contributed by atoms with Crippen molar-refractivity contribution >= 4 is 28.4 Å². The number of anilines is 2. The molecule has 0 atom stereocenters. The highest BCUT2D eigenvalue weighted by Gasteiger charge is 2.22. The van der Waals surface area contributed by atoms with Crippen LogP contribution < -0.4 is 10.1 Å². The summed E-state index contributed by atoms with van der Waals surface area (Å²) in [5.41, 5.74) is 1.12. The molecule has 0 bridgehead atoms. The van der Waals surface area contributed by atoms with Gasteiger partial charge < -0.3 is 20.1 Å². The van der Waals surface area contributed by atoms with Gasteiger partial charge in [0.2, 0.25) is 5.88 Å². The second-order valence-corrected chi connectivity index (χ2v) is 7.82. The molecule has 150 valence electrons. The summed E-state index contributed by atoms with van der Waals surface area (Å²) in [6.07, 6.45) is 4.03. The van der Waals surface area contributed by atoms with Crippen LogP contribution >= 0.6 is 11.3 Å². The lowest BCUT2D eigenvalue weighted by molar-refractivity contribution is 0.111. The Kier molecular flexibility index (Phi) is 5.85. The minimum absolute atomic E-state index is 0.323. The number of ether oxygens (including phenoxy) is 1. The van der Waals surface area contributed by atoms with E-state index in [1.807, 2.05) is 24.4 Å². The third-order valence-electron chi connectivity index (χ3n) is 4.79. The van der Waals surface area contributed by atoms with Crippen LogP contribution in [0.2, 0.25) is 0 Å². The van der Waals surface area contributed by atoms with E-state index in [-0.39, 0.29) is 0 Å². The van der Waals surface area contributed by atoms with Crippen LogP contribution in [0.15, 0.2) is 48.9 Å². The van der Waals surface area contributed by atoms with E-state index in [9.17, 15) is 4.79 Å². The normalized spacial score (nSPS) is 14.6. The Balaban J connectivity index is 1.32. The molecule has 4 rings (SSSR count). The number of carboxylic acid groups (broad SMARTS) is 1. The molecule has 1 amide bonds. The number of nitrogens with one attached hydrogen (secondary N) is 1. The zero-order chi connectivity index (χ0) is 20.1. The molecule has 2 N–H and O–H groups in total. The Morgan fingerprint density at radius 3 is 2.76 bits per heavy atom. The number of rotatable bonds is 6. The number of thiazole rings is 1. The van der Waals surface area contributed by atoms with Gasteiger partial charge in [0.15, 0.2) is 5.13 Å². The monoisotopic (exact) mass is 411 g/mol. The molecule has 1 aliphatic rings. The van der Waals surface area contributed by atoms with Gasteiger partial charge in [0, 0.05) is 25.4 Å². The molecular formula is C20H21N5O3S. The molecule has 1 aliphatic heterocycles. The molecule has 3 heterocycles. The van der Waals surface area contributed by atoms with Crippen molar-refractivity contribution in [1.82, 2.24) is 19.9 Å². The summed E-state index contributed by atoms with van der Waals surface area (Å²) < 4.78 is 5.82. The lowest BCUT2D eigenvalue weighted by Gasteiger charge is -2.29. The first-order valence-corrected chi connectivity index (χ1v) is 10.2. The molecule has 2 aromatic heterocycles. The molecule has 1 fully saturated rings. The van der Waals surface area contributed by atoms with Crippen LogP contribution in [-0.4, -0.2) is 50.7 Å². The van der Waals surface area contributed by atoms with Gasteiger partial charge in [-0.1, -0.05) is 41.7 Å². The molecule has 0 aliphatic carbocycles. The van der Waals surface area contributed by atoms with Gasteiger partial charge in [0.1, 0.15) is 12.1 Å². The van der Waals surface area contributed by atoms with E-state index in [1.54, 1.807) is 17.4 Å². The number of benzene rings is 1. The largest absolute Gasteiger partial charge is 0.477 e. The minimum atomic E-state index is -0.853. The van der Waals surface area contributed by atoms with Crippen LogP contribution in [0.3, 0.4) is 0 Å². The van der Waals surface area contributed by atoms with E-state index >= 15 is 0 Å². The Morgan fingerprint density at radius 1 is 1.21 bits per heavy atom. The first kappa shape index (κ1) is 19.1. The number of carbonyl (C=O) groups is 1. The fourth-order valence-electron chi connectivity index (χ4n) is 3.16. The quantitative estimate of drug-likeness (QED) is 0.629. The van der Waals surface area contributed by atoms with Gasteiger partial charge in [0.25, 0.3) is 0 Å². The van der Waals surface area contributed by atoms with E-state index in [4.69, 9.17) is 9.84 Å². The highest BCUT2D eigenvalue weighted by atomic mass is 32.1. The van der Waals surface area contributed by atoms with Gasteiger partial charge in [-0.3, -0.25) is 0 Å². The Morgan fingerprint density at radius 2 is 2.00 bits per heavy atom. The molecule has 3 aromatic rings. The third-order valence-corrected chi connectivity index (χ3v) is 5.75. The van der Waals surface area contributed by atoms with Gasteiger partial charge in [-0.2, -0.15) is 0 Å². The Bertz CT molecular complexity index is 958. The highest BCUT2D eigenvalue weighted by Crippen LogP contribution is 2.30. The topological polar surface area (TPSA) is 100 Å². The summed E-state index contributed by atoms with van der Waals surface area (Å²) in [5, 5.41) is 13.0. The number of aromatic nitrogens is 3. The summed E-state index contributed by atoms with van der Waals surface area (Å²) in [4.78, 5) is 26.3. The van der Waals surface area contributed by atoms with Crippen LogP contribution in [0.5, 0.6) is 5.88 Å². The second-order valence-electron chi connectivity index (χ2n) is 6.79. The maximum Gasteiger partial charge on any atom is 0.407 e. The van der Waals surface area contributed by atoms with Crippen LogP contribution in [0.4, 0.5) is 15.7 Å². The van der Waals surface area contributed by atoms with Crippen LogP contribution in [0.1, 0.15) is 12.8 Å². The molecule has 0 spiro atoms. The zero-order valence-electron chi connectivity index (χ0n) is 15.7. The minimum Gasteiger partial charge on any atom is -0.477 e. The average Bonchev–Trinajstić information content (AvgIpc) is 3.22. The molecule has 29 heavy (non-hydrogen) atoms. The summed E-state index contributed by atoms with van der Waals surface area (Å²) in [7, 11) is 0. The first-order valence-electron chi connectivity index (χ1n) is 9.38. The standard InChI is InChI=1S/C20H21N5O3S/c26-20(27)25-8-6-14(7-9-25)12-28-18-10-17(22-13-23-18)24-19-21-11-16(29-19)15-4-2-1-3-5-15/h1-5,10-11,13-14H,6-9,12H2,(H,26,27)(H,21,22,23,24). The smallest absolute Gasteiger partial charge is 0.407 e. The molecule has 9 heteroatoms. The molecule has 0 radical (unpaired) electrons. The summed E-state index contributed by atoms with van der Waals surface area (Å²) >= 11 is 1.55. The maximum absolute atomic E-state index is 11.0. The summed E-state index contributed by atoms with van der Waals surface area (Å²) in [6, 6.07) is 11.8. The lowest BCUT2D eigenvalue weighted by Crippen LogP contribution is -2.38.